The van der Waals surface area contributed by atoms with Crippen LogP contribution in [0.15, 0.2) is 105 Å². The zero-order valence-corrected chi connectivity index (χ0v) is 19.8. The Labute approximate surface area is 202 Å². The number of aromatic hydroxyl groups is 3. The quantitative estimate of drug-likeness (QED) is 0.160. The molecule has 0 aliphatic carbocycles. The second kappa shape index (κ2) is 9.06. The molecule has 0 radical (unpaired) electrons. The van der Waals surface area contributed by atoms with E-state index in [1.165, 1.54) is 0 Å². The molecule has 0 saturated heterocycles. The zero-order chi connectivity index (χ0) is 22.9. The summed E-state index contributed by atoms with van der Waals surface area (Å²) in [6.45, 7) is 2.12. The summed E-state index contributed by atoms with van der Waals surface area (Å²) in [6, 6.07) is 26.2. The first-order valence-corrected chi connectivity index (χ1v) is 11.6. The summed E-state index contributed by atoms with van der Waals surface area (Å²) in [4.78, 5) is 3.09. The minimum absolute atomic E-state index is 0.134. The van der Waals surface area contributed by atoms with Crippen LogP contribution >= 0.6 is 37.0 Å². The van der Waals surface area contributed by atoms with Gasteiger partial charge in [-0.05, 0) is 78.2 Å². The highest BCUT2D eigenvalue weighted by Gasteiger charge is 2.31. The highest BCUT2D eigenvalue weighted by molar-refractivity contribution is 7.99. The van der Waals surface area contributed by atoms with E-state index in [9.17, 15) is 15.3 Å². The summed E-state index contributed by atoms with van der Waals surface area (Å²) in [5.41, 5.74) is 2.52. The average Bonchev–Trinajstić information content (AvgIpc) is 2.78. The Morgan fingerprint density at radius 2 is 1.06 bits per heavy atom. The lowest BCUT2D eigenvalue weighted by atomic mass is 9.71. The molecule has 162 valence electrons. The average molecular weight is 479 g/mol. The molecule has 4 aromatic carbocycles. The number of rotatable bonds is 5. The summed E-state index contributed by atoms with van der Waals surface area (Å²) >= 11 is 10.3. The van der Waals surface area contributed by atoms with Crippen molar-refractivity contribution in [2.75, 3.05) is 0 Å². The van der Waals surface area contributed by atoms with Crippen LogP contribution in [0.4, 0.5) is 0 Å². The number of hydrogen-bond donors (Lipinski definition) is 5. The molecular weight excluding hydrogens is 456 g/mol. The lowest BCUT2D eigenvalue weighted by Crippen LogP contribution is -2.25. The molecule has 0 spiro atoms. The third-order valence-corrected chi connectivity index (χ3v) is 7.33. The van der Waals surface area contributed by atoms with Crippen LogP contribution in [-0.2, 0) is 5.41 Å². The number of benzene rings is 4. The highest BCUT2D eigenvalue weighted by Crippen LogP contribution is 2.42. The van der Waals surface area contributed by atoms with E-state index in [2.05, 4.69) is 56.4 Å². The molecular formula is C26H22O3S3. The molecule has 4 rings (SSSR count). The molecule has 0 aromatic heterocycles. The first-order valence-electron chi connectivity index (χ1n) is 9.90. The fourth-order valence-corrected chi connectivity index (χ4v) is 5.06. The summed E-state index contributed by atoms with van der Waals surface area (Å²) in [6.07, 6.45) is 0. The van der Waals surface area contributed by atoms with Gasteiger partial charge in [0, 0.05) is 25.0 Å². The molecule has 0 aliphatic rings. The standard InChI is InChI=1S/C26H22O3S3/c1-26(16-2-7-19(27)8-3-16,18-6-12-22(28)24(30)14-18)17-4-9-20(10-5-17)32-21-11-13-23(29)25(31)15-21/h2-15,27-31H,1H3. The topological polar surface area (TPSA) is 60.7 Å². The largest absolute Gasteiger partial charge is 0.508 e. The minimum Gasteiger partial charge on any atom is -0.508 e. The van der Waals surface area contributed by atoms with Crippen molar-refractivity contribution in [3.63, 3.8) is 0 Å². The van der Waals surface area contributed by atoms with Crippen LogP contribution in [0.5, 0.6) is 17.2 Å². The van der Waals surface area contributed by atoms with E-state index in [0.717, 1.165) is 26.5 Å². The zero-order valence-electron chi connectivity index (χ0n) is 17.2. The molecule has 6 heteroatoms. The smallest absolute Gasteiger partial charge is 0.128 e. The number of phenols is 3. The molecule has 1 unspecified atom stereocenters. The fraction of sp³-hybridized carbons (Fsp3) is 0.0769. The Kier molecular flexibility index (Phi) is 6.38. The van der Waals surface area contributed by atoms with Crippen LogP contribution in [-0.4, -0.2) is 15.3 Å². The van der Waals surface area contributed by atoms with Crippen molar-refractivity contribution in [3.05, 3.63) is 102 Å². The Morgan fingerprint density at radius 3 is 1.62 bits per heavy atom. The van der Waals surface area contributed by atoms with Gasteiger partial charge in [-0.1, -0.05) is 42.1 Å². The van der Waals surface area contributed by atoms with Gasteiger partial charge >= 0.3 is 0 Å². The molecule has 32 heavy (non-hydrogen) atoms. The van der Waals surface area contributed by atoms with Gasteiger partial charge < -0.3 is 15.3 Å². The predicted octanol–water partition coefficient (Wildman–Crippen LogP) is 6.89. The van der Waals surface area contributed by atoms with Gasteiger partial charge in [0.25, 0.3) is 0 Å². The Bertz CT molecular complexity index is 1250. The van der Waals surface area contributed by atoms with Crippen molar-refractivity contribution < 1.29 is 15.3 Å². The molecule has 0 heterocycles. The van der Waals surface area contributed by atoms with Crippen molar-refractivity contribution in [1.29, 1.82) is 0 Å². The van der Waals surface area contributed by atoms with Gasteiger partial charge in [0.1, 0.15) is 17.2 Å². The van der Waals surface area contributed by atoms with E-state index >= 15 is 0 Å². The maximum atomic E-state index is 9.97. The molecule has 4 aromatic rings. The number of hydrogen-bond acceptors (Lipinski definition) is 6. The third kappa shape index (κ3) is 4.44. The van der Waals surface area contributed by atoms with Crippen LogP contribution in [0.3, 0.4) is 0 Å². The summed E-state index contributed by atoms with van der Waals surface area (Å²) in [5.74, 6) is 0.505. The summed E-state index contributed by atoms with van der Waals surface area (Å²) in [5, 5.41) is 29.4. The summed E-state index contributed by atoms with van der Waals surface area (Å²) in [7, 11) is 0. The molecule has 1 atom stereocenters. The van der Waals surface area contributed by atoms with Gasteiger partial charge in [0.15, 0.2) is 0 Å². The van der Waals surface area contributed by atoms with Gasteiger partial charge in [0.2, 0.25) is 0 Å². The van der Waals surface area contributed by atoms with Crippen LogP contribution < -0.4 is 0 Å². The maximum absolute atomic E-state index is 9.97. The molecule has 0 fully saturated rings. The Balaban J connectivity index is 1.75. The normalized spacial score (nSPS) is 13.0. The number of thiol groups is 2. The Hall–Kier alpha value is -2.67. The van der Waals surface area contributed by atoms with Crippen molar-refractivity contribution in [2.45, 2.75) is 31.9 Å². The van der Waals surface area contributed by atoms with Gasteiger partial charge in [-0.2, -0.15) is 0 Å². The van der Waals surface area contributed by atoms with E-state index in [-0.39, 0.29) is 17.2 Å². The van der Waals surface area contributed by atoms with Gasteiger partial charge in [-0.3, -0.25) is 0 Å². The Morgan fingerprint density at radius 1 is 0.594 bits per heavy atom. The van der Waals surface area contributed by atoms with Crippen LogP contribution in [0.2, 0.25) is 0 Å². The molecule has 3 nitrogen and oxygen atoms in total. The number of phenolic OH excluding ortho intramolecular Hbond substituents is 3. The monoisotopic (exact) mass is 478 g/mol. The minimum atomic E-state index is -0.529. The third-order valence-electron chi connectivity index (χ3n) is 5.61. The van der Waals surface area contributed by atoms with E-state index in [0.29, 0.717) is 9.79 Å². The van der Waals surface area contributed by atoms with Gasteiger partial charge in [0.05, 0.1) is 0 Å². The van der Waals surface area contributed by atoms with Crippen LogP contribution in [0, 0.1) is 0 Å². The molecule has 3 N–H and O–H groups in total. The second-order valence-corrected chi connectivity index (χ2v) is 9.76. The first kappa shape index (κ1) is 22.5. The van der Waals surface area contributed by atoms with Gasteiger partial charge in [-0.25, -0.2) is 0 Å². The van der Waals surface area contributed by atoms with E-state index in [4.69, 9.17) is 0 Å². The van der Waals surface area contributed by atoms with Crippen molar-refractivity contribution in [1.82, 2.24) is 0 Å². The molecule has 0 aliphatic heterocycles. The lowest BCUT2D eigenvalue weighted by molar-refractivity contribution is 0.461. The molecule has 0 amide bonds. The van der Waals surface area contributed by atoms with Crippen LogP contribution in [0.25, 0.3) is 0 Å². The van der Waals surface area contributed by atoms with E-state index in [1.807, 2.05) is 36.4 Å². The molecule has 0 saturated carbocycles. The molecule has 0 bridgehead atoms. The maximum Gasteiger partial charge on any atom is 0.128 e. The fourth-order valence-electron chi connectivity index (χ4n) is 3.69. The van der Waals surface area contributed by atoms with Crippen molar-refractivity contribution in [2.24, 2.45) is 0 Å². The van der Waals surface area contributed by atoms with Crippen molar-refractivity contribution in [3.8, 4) is 17.2 Å². The van der Waals surface area contributed by atoms with Crippen LogP contribution in [0.1, 0.15) is 23.6 Å². The lowest BCUT2D eigenvalue weighted by Gasteiger charge is -2.32. The second-order valence-electron chi connectivity index (χ2n) is 7.65. The van der Waals surface area contributed by atoms with Gasteiger partial charge in [-0.15, -0.1) is 25.3 Å². The predicted molar refractivity (Wildman–Crippen MR) is 135 cm³/mol. The van der Waals surface area contributed by atoms with Crippen molar-refractivity contribution >= 4 is 37.0 Å². The SMILES string of the molecule is CC(c1ccc(O)cc1)(c1ccc(Sc2ccc(O)c(S)c2)cc1)c1ccc(O)c(S)c1. The van der Waals surface area contributed by atoms with E-state index in [1.54, 1.807) is 36.0 Å². The van der Waals surface area contributed by atoms with E-state index < -0.39 is 5.41 Å². The first-order chi connectivity index (χ1) is 15.3. The summed E-state index contributed by atoms with van der Waals surface area (Å²) < 4.78 is 0. The highest BCUT2D eigenvalue weighted by atomic mass is 32.2.